The zero-order chi connectivity index (χ0) is 18.4. The summed E-state index contributed by atoms with van der Waals surface area (Å²) in [5.41, 5.74) is 2.02. The molecule has 0 saturated carbocycles. The fraction of sp³-hybridized carbons (Fsp3) is 0.368. The fourth-order valence-corrected chi connectivity index (χ4v) is 2.59. The van der Waals surface area contributed by atoms with Crippen LogP contribution < -0.4 is 14.8 Å². The van der Waals surface area contributed by atoms with Gasteiger partial charge in [-0.1, -0.05) is 38.1 Å². The van der Waals surface area contributed by atoms with E-state index in [1.807, 2.05) is 24.3 Å². The molecule has 2 rings (SSSR count). The number of nitrogens with one attached hydrogen (secondary N) is 1. The molecule has 0 saturated heterocycles. The summed E-state index contributed by atoms with van der Waals surface area (Å²) in [4.78, 5) is 0. The van der Waals surface area contributed by atoms with E-state index in [1.165, 1.54) is 12.1 Å². The van der Waals surface area contributed by atoms with E-state index in [-0.39, 0.29) is 11.8 Å². The standard InChI is InChI=1S/C19H22F3NO2/c1-13(2)18(15-6-10-16(24-3)11-7-15)23-12-14-4-8-17(9-5-14)25-19(20,21)22/h4-11,13,18,23H,12H2,1-3H3. The average Bonchev–Trinajstić information content (AvgIpc) is 2.55. The van der Waals surface area contributed by atoms with Crippen molar-refractivity contribution in [2.45, 2.75) is 32.8 Å². The fourth-order valence-electron chi connectivity index (χ4n) is 2.59. The van der Waals surface area contributed by atoms with Gasteiger partial charge in [0, 0.05) is 12.6 Å². The van der Waals surface area contributed by atoms with E-state index >= 15 is 0 Å². The number of hydrogen-bond donors (Lipinski definition) is 1. The first-order valence-electron chi connectivity index (χ1n) is 8.00. The van der Waals surface area contributed by atoms with Gasteiger partial charge in [-0.3, -0.25) is 0 Å². The Bertz CT molecular complexity index is 652. The Hall–Kier alpha value is -2.21. The van der Waals surface area contributed by atoms with Gasteiger partial charge in [0.1, 0.15) is 11.5 Å². The second-order valence-corrected chi connectivity index (χ2v) is 6.07. The van der Waals surface area contributed by atoms with Crippen LogP contribution in [0.15, 0.2) is 48.5 Å². The molecule has 1 N–H and O–H groups in total. The molecule has 0 amide bonds. The van der Waals surface area contributed by atoms with E-state index in [9.17, 15) is 13.2 Å². The Balaban J connectivity index is 2.01. The number of ether oxygens (including phenoxy) is 2. The van der Waals surface area contributed by atoms with Crippen molar-refractivity contribution in [1.82, 2.24) is 5.32 Å². The molecule has 136 valence electrons. The van der Waals surface area contributed by atoms with Crippen LogP contribution in [-0.4, -0.2) is 13.5 Å². The van der Waals surface area contributed by atoms with Gasteiger partial charge in [0.05, 0.1) is 7.11 Å². The van der Waals surface area contributed by atoms with Gasteiger partial charge >= 0.3 is 6.36 Å². The molecule has 25 heavy (non-hydrogen) atoms. The quantitative estimate of drug-likeness (QED) is 0.753. The summed E-state index contributed by atoms with van der Waals surface area (Å²) in [5, 5.41) is 3.45. The highest BCUT2D eigenvalue weighted by Gasteiger charge is 2.30. The van der Waals surface area contributed by atoms with Gasteiger partial charge in [-0.2, -0.15) is 0 Å². The minimum absolute atomic E-state index is 0.122. The molecule has 0 aliphatic rings. The second kappa shape index (κ2) is 8.25. The molecule has 0 radical (unpaired) electrons. The molecular weight excluding hydrogens is 331 g/mol. The van der Waals surface area contributed by atoms with Gasteiger partial charge in [-0.15, -0.1) is 13.2 Å². The third kappa shape index (κ3) is 5.98. The Morgan fingerprint density at radius 1 is 0.920 bits per heavy atom. The van der Waals surface area contributed by atoms with E-state index in [2.05, 4.69) is 23.9 Å². The molecule has 1 atom stereocenters. The van der Waals surface area contributed by atoms with E-state index in [1.54, 1.807) is 19.2 Å². The molecule has 2 aromatic rings. The van der Waals surface area contributed by atoms with Crippen molar-refractivity contribution >= 4 is 0 Å². The van der Waals surface area contributed by atoms with Crippen molar-refractivity contribution in [3.05, 3.63) is 59.7 Å². The van der Waals surface area contributed by atoms with Crippen LogP contribution in [-0.2, 0) is 6.54 Å². The molecule has 0 fully saturated rings. The lowest BCUT2D eigenvalue weighted by Crippen LogP contribution is -2.25. The van der Waals surface area contributed by atoms with Crippen LogP contribution in [0.2, 0.25) is 0 Å². The molecular formula is C19H22F3NO2. The number of rotatable bonds is 7. The van der Waals surface area contributed by atoms with E-state index in [4.69, 9.17) is 4.74 Å². The maximum absolute atomic E-state index is 12.2. The summed E-state index contributed by atoms with van der Waals surface area (Å²) >= 11 is 0. The van der Waals surface area contributed by atoms with Crippen molar-refractivity contribution in [2.75, 3.05) is 7.11 Å². The summed E-state index contributed by atoms with van der Waals surface area (Å²) in [5.74, 6) is 0.930. The summed E-state index contributed by atoms with van der Waals surface area (Å²) in [7, 11) is 1.62. The molecule has 3 nitrogen and oxygen atoms in total. The predicted octanol–water partition coefficient (Wildman–Crippen LogP) is 5.08. The van der Waals surface area contributed by atoms with Gasteiger partial charge < -0.3 is 14.8 Å². The average molecular weight is 353 g/mol. The smallest absolute Gasteiger partial charge is 0.497 e. The summed E-state index contributed by atoms with van der Waals surface area (Å²) in [6, 6.07) is 13.9. The van der Waals surface area contributed by atoms with Gasteiger partial charge in [0.25, 0.3) is 0 Å². The highest BCUT2D eigenvalue weighted by molar-refractivity contribution is 5.30. The van der Waals surface area contributed by atoms with Crippen LogP contribution in [0.25, 0.3) is 0 Å². The molecule has 2 aromatic carbocycles. The van der Waals surface area contributed by atoms with Crippen LogP contribution in [0.1, 0.15) is 31.0 Å². The largest absolute Gasteiger partial charge is 0.573 e. The molecule has 0 heterocycles. The zero-order valence-corrected chi connectivity index (χ0v) is 14.4. The molecule has 0 bridgehead atoms. The number of hydrogen-bond acceptors (Lipinski definition) is 3. The lowest BCUT2D eigenvalue weighted by atomic mass is 9.95. The van der Waals surface area contributed by atoms with Gasteiger partial charge in [-0.05, 0) is 41.3 Å². The van der Waals surface area contributed by atoms with E-state index < -0.39 is 6.36 Å². The molecule has 6 heteroatoms. The summed E-state index contributed by atoms with van der Waals surface area (Å²) in [6.45, 7) is 4.77. The van der Waals surface area contributed by atoms with Gasteiger partial charge in [-0.25, -0.2) is 0 Å². The summed E-state index contributed by atoms with van der Waals surface area (Å²) in [6.07, 6.45) is -4.67. The maximum atomic E-state index is 12.2. The van der Waals surface area contributed by atoms with Crippen molar-refractivity contribution in [3.8, 4) is 11.5 Å². The molecule has 0 aliphatic carbocycles. The van der Waals surface area contributed by atoms with Crippen LogP contribution in [0.4, 0.5) is 13.2 Å². The van der Waals surface area contributed by atoms with Gasteiger partial charge in [0.2, 0.25) is 0 Å². The van der Waals surface area contributed by atoms with Crippen molar-refractivity contribution in [3.63, 3.8) is 0 Å². The number of alkyl halides is 3. The lowest BCUT2D eigenvalue weighted by Gasteiger charge is -2.23. The molecule has 0 aromatic heterocycles. The third-order valence-electron chi connectivity index (χ3n) is 3.82. The van der Waals surface area contributed by atoms with Gasteiger partial charge in [0.15, 0.2) is 0 Å². The first-order chi connectivity index (χ1) is 11.8. The Kier molecular flexibility index (Phi) is 6.31. The van der Waals surface area contributed by atoms with Crippen molar-refractivity contribution in [2.24, 2.45) is 5.92 Å². The highest BCUT2D eigenvalue weighted by atomic mass is 19.4. The first-order valence-corrected chi connectivity index (χ1v) is 8.00. The first kappa shape index (κ1) is 19.1. The third-order valence-corrected chi connectivity index (χ3v) is 3.82. The lowest BCUT2D eigenvalue weighted by molar-refractivity contribution is -0.274. The van der Waals surface area contributed by atoms with Crippen LogP contribution >= 0.6 is 0 Å². The van der Waals surface area contributed by atoms with Crippen LogP contribution in [0.5, 0.6) is 11.5 Å². The Labute approximate surface area is 145 Å². The predicted molar refractivity (Wildman–Crippen MR) is 90.5 cm³/mol. The molecule has 0 aliphatic heterocycles. The Morgan fingerprint density at radius 3 is 1.96 bits per heavy atom. The monoisotopic (exact) mass is 353 g/mol. The second-order valence-electron chi connectivity index (χ2n) is 6.07. The van der Waals surface area contributed by atoms with E-state index in [0.29, 0.717) is 12.5 Å². The van der Waals surface area contributed by atoms with Crippen LogP contribution in [0.3, 0.4) is 0 Å². The normalized spacial score (nSPS) is 12.9. The Morgan fingerprint density at radius 2 is 1.48 bits per heavy atom. The molecule has 0 spiro atoms. The molecule has 1 unspecified atom stereocenters. The van der Waals surface area contributed by atoms with Crippen molar-refractivity contribution in [1.29, 1.82) is 0 Å². The minimum Gasteiger partial charge on any atom is -0.497 e. The maximum Gasteiger partial charge on any atom is 0.573 e. The van der Waals surface area contributed by atoms with E-state index in [0.717, 1.165) is 16.9 Å². The zero-order valence-electron chi connectivity index (χ0n) is 14.4. The highest BCUT2D eigenvalue weighted by Crippen LogP contribution is 2.25. The number of benzene rings is 2. The SMILES string of the molecule is COc1ccc(C(NCc2ccc(OC(F)(F)F)cc2)C(C)C)cc1. The number of methoxy groups -OCH3 is 1. The minimum atomic E-state index is -4.67. The van der Waals surface area contributed by atoms with Crippen molar-refractivity contribution < 1.29 is 22.6 Å². The topological polar surface area (TPSA) is 30.5 Å². The van der Waals surface area contributed by atoms with Crippen LogP contribution in [0, 0.1) is 5.92 Å². The number of halogens is 3. The summed E-state index contributed by atoms with van der Waals surface area (Å²) < 4.78 is 45.6.